The van der Waals surface area contributed by atoms with Crippen LogP contribution in [0.2, 0.25) is 0 Å². The molecule has 0 amide bonds. The molecule has 0 atom stereocenters. The minimum absolute atomic E-state index is 0.00191. The summed E-state index contributed by atoms with van der Waals surface area (Å²) in [6, 6.07) is 4.07. The summed E-state index contributed by atoms with van der Waals surface area (Å²) in [4.78, 5) is 12.1. The quantitative estimate of drug-likeness (QED) is 0.791. The van der Waals surface area contributed by atoms with Gasteiger partial charge in [0.15, 0.2) is 0 Å². The van der Waals surface area contributed by atoms with Crippen molar-refractivity contribution in [1.82, 2.24) is 14.5 Å². The number of hydrogen-bond acceptors (Lipinski definition) is 3. The molecular weight excluding hydrogens is 254 g/mol. The first-order chi connectivity index (χ1) is 9.61. The van der Waals surface area contributed by atoms with Crippen LogP contribution in [0.25, 0.3) is 0 Å². The minimum Gasteiger partial charge on any atom is -0.463 e. The van der Waals surface area contributed by atoms with Crippen LogP contribution in [-0.4, -0.2) is 15.7 Å². The largest absolute Gasteiger partial charge is 0.463 e. The van der Waals surface area contributed by atoms with E-state index in [-0.39, 0.29) is 11.7 Å². The van der Waals surface area contributed by atoms with E-state index in [9.17, 15) is 4.79 Å². The van der Waals surface area contributed by atoms with Gasteiger partial charge in [-0.2, -0.15) is 0 Å². The van der Waals surface area contributed by atoms with Crippen molar-refractivity contribution in [2.24, 2.45) is 0 Å². The van der Waals surface area contributed by atoms with Gasteiger partial charge in [0.25, 0.3) is 0 Å². The van der Waals surface area contributed by atoms with Gasteiger partial charge >= 0.3 is 5.69 Å². The third kappa shape index (κ3) is 3.42. The van der Waals surface area contributed by atoms with Crippen molar-refractivity contribution < 1.29 is 4.42 Å². The highest BCUT2D eigenvalue weighted by Gasteiger charge is 2.08. The van der Waals surface area contributed by atoms with Crippen molar-refractivity contribution in [2.45, 2.75) is 46.3 Å². The number of furan rings is 1. The first-order valence-corrected chi connectivity index (χ1v) is 7.17. The van der Waals surface area contributed by atoms with Gasteiger partial charge in [-0.25, -0.2) is 4.79 Å². The van der Waals surface area contributed by atoms with Gasteiger partial charge in [-0.05, 0) is 38.9 Å². The Labute approximate surface area is 119 Å². The van der Waals surface area contributed by atoms with Crippen LogP contribution < -0.4 is 11.0 Å². The molecule has 5 nitrogen and oxygen atoms in total. The van der Waals surface area contributed by atoms with E-state index in [1.807, 2.05) is 32.2 Å². The predicted molar refractivity (Wildman–Crippen MR) is 78.9 cm³/mol. The van der Waals surface area contributed by atoms with Crippen LogP contribution in [0.1, 0.15) is 44.8 Å². The van der Waals surface area contributed by atoms with E-state index >= 15 is 0 Å². The molecule has 1 N–H and O–H groups in total. The van der Waals surface area contributed by atoms with E-state index < -0.39 is 0 Å². The molecule has 2 heterocycles. The number of nitrogens with zero attached hydrogens (tertiary/aromatic N) is 2. The molecule has 0 aliphatic rings. The predicted octanol–water partition coefficient (Wildman–Crippen LogP) is 2.37. The number of imidazole rings is 1. The van der Waals surface area contributed by atoms with E-state index in [1.54, 1.807) is 15.3 Å². The van der Waals surface area contributed by atoms with Crippen molar-refractivity contribution in [3.63, 3.8) is 0 Å². The second-order valence-electron chi connectivity index (χ2n) is 5.25. The van der Waals surface area contributed by atoms with Crippen molar-refractivity contribution in [1.29, 1.82) is 0 Å². The number of hydrogen-bond donors (Lipinski definition) is 1. The number of aromatic nitrogens is 2. The molecule has 0 saturated heterocycles. The van der Waals surface area contributed by atoms with Crippen LogP contribution >= 0.6 is 0 Å². The van der Waals surface area contributed by atoms with Crippen LogP contribution in [0, 0.1) is 0 Å². The smallest absolute Gasteiger partial charge is 0.328 e. The maximum Gasteiger partial charge on any atom is 0.328 e. The summed E-state index contributed by atoms with van der Waals surface area (Å²) in [6.07, 6.45) is 4.73. The van der Waals surface area contributed by atoms with Crippen LogP contribution in [-0.2, 0) is 13.1 Å². The maximum absolute atomic E-state index is 12.1. The zero-order valence-corrected chi connectivity index (χ0v) is 12.4. The molecule has 0 fully saturated rings. The van der Waals surface area contributed by atoms with E-state index in [2.05, 4.69) is 12.2 Å². The van der Waals surface area contributed by atoms with Crippen LogP contribution in [0.4, 0.5) is 0 Å². The molecule has 0 saturated carbocycles. The molecule has 0 aliphatic heterocycles. The first kappa shape index (κ1) is 14.7. The number of rotatable bonds is 7. The monoisotopic (exact) mass is 277 g/mol. The SMILES string of the molecule is CCCNCc1ccc(Cn2ccn(C(C)C)c2=O)o1. The Morgan fingerprint density at radius 3 is 2.65 bits per heavy atom. The fraction of sp³-hybridized carbons (Fsp3) is 0.533. The van der Waals surface area contributed by atoms with Crippen LogP contribution in [0.3, 0.4) is 0 Å². The molecule has 0 spiro atoms. The van der Waals surface area contributed by atoms with Gasteiger partial charge in [0.05, 0.1) is 13.1 Å². The van der Waals surface area contributed by atoms with Gasteiger partial charge in [-0.15, -0.1) is 0 Å². The highest BCUT2D eigenvalue weighted by atomic mass is 16.3. The van der Waals surface area contributed by atoms with E-state index in [1.165, 1.54) is 0 Å². The lowest BCUT2D eigenvalue weighted by molar-refractivity contribution is 0.433. The zero-order valence-electron chi connectivity index (χ0n) is 12.4. The maximum atomic E-state index is 12.1. The van der Waals surface area contributed by atoms with E-state index in [4.69, 9.17) is 4.42 Å². The standard InChI is InChI=1S/C15H23N3O2/c1-4-7-16-10-13-5-6-14(20-13)11-17-8-9-18(12(2)3)15(17)19/h5-6,8-9,12,16H,4,7,10-11H2,1-3H3. The third-order valence-corrected chi connectivity index (χ3v) is 3.20. The lowest BCUT2D eigenvalue weighted by Gasteiger charge is -2.04. The van der Waals surface area contributed by atoms with Crippen LogP contribution in [0.15, 0.2) is 33.7 Å². The molecule has 2 aromatic rings. The Balaban J connectivity index is 2.02. The highest BCUT2D eigenvalue weighted by Crippen LogP contribution is 2.09. The summed E-state index contributed by atoms with van der Waals surface area (Å²) < 4.78 is 9.11. The third-order valence-electron chi connectivity index (χ3n) is 3.20. The van der Waals surface area contributed by atoms with Crippen molar-refractivity contribution in [3.8, 4) is 0 Å². The molecule has 0 unspecified atom stereocenters. The van der Waals surface area contributed by atoms with Gasteiger partial charge in [0.2, 0.25) is 0 Å². The second-order valence-corrected chi connectivity index (χ2v) is 5.25. The molecule has 0 bridgehead atoms. The zero-order chi connectivity index (χ0) is 14.5. The molecule has 20 heavy (non-hydrogen) atoms. The fourth-order valence-corrected chi connectivity index (χ4v) is 2.10. The average molecular weight is 277 g/mol. The van der Waals surface area contributed by atoms with Gasteiger partial charge < -0.3 is 9.73 Å². The Morgan fingerprint density at radius 1 is 1.25 bits per heavy atom. The van der Waals surface area contributed by atoms with E-state index in [0.717, 1.165) is 31.0 Å². The molecule has 5 heteroatoms. The van der Waals surface area contributed by atoms with Crippen LogP contribution in [0.5, 0.6) is 0 Å². The Morgan fingerprint density at radius 2 is 2.00 bits per heavy atom. The van der Waals surface area contributed by atoms with Crippen molar-refractivity contribution in [3.05, 3.63) is 46.5 Å². The molecule has 2 aromatic heterocycles. The van der Waals surface area contributed by atoms with Gasteiger partial charge in [-0.3, -0.25) is 9.13 Å². The summed E-state index contributed by atoms with van der Waals surface area (Å²) in [5.74, 6) is 1.71. The first-order valence-electron chi connectivity index (χ1n) is 7.17. The summed E-state index contributed by atoms with van der Waals surface area (Å²) >= 11 is 0. The molecule has 0 radical (unpaired) electrons. The molecular formula is C15H23N3O2. The summed E-state index contributed by atoms with van der Waals surface area (Å²) in [5.41, 5.74) is 0.00191. The second kappa shape index (κ2) is 6.61. The minimum atomic E-state index is 0.00191. The Bertz CT molecular complexity index is 592. The molecule has 110 valence electrons. The summed E-state index contributed by atoms with van der Waals surface area (Å²) in [6.45, 7) is 8.31. The Kier molecular flexibility index (Phi) is 4.84. The van der Waals surface area contributed by atoms with Gasteiger partial charge in [0.1, 0.15) is 11.5 Å². The molecule has 0 aliphatic carbocycles. The Hall–Kier alpha value is -1.75. The summed E-state index contributed by atoms with van der Waals surface area (Å²) in [5, 5.41) is 3.29. The number of nitrogens with one attached hydrogen (secondary N) is 1. The van der Waals surface area contributed by atoms with Gasteiger partial charge in [-0.1, -0.05) is 6.92 Å². The average Bonchev–Trinajstić information content (AvgIpc) is 2.99. The normalized spacial score (nSPS) is 11.4. The molecule has 0 aromatic carbocycles. The summed E-state index contributed by atoms with van der Waals surface area (Å²) in [7, 11) is 0. The lowest BCUT2D eigenvalue weighted by atomic mass is 10.4. The highest BCUT2D eigenvalue weighted by molar-refractivity contribution is 5.08. The van der Waals surface area contributed by atoms with Crippen molar-refractivity contribution in [2.75, 3.05) is 6.54 Å². The van der Waals surface area contributed by atoms with Gasteiger partial charge in [0, 0.05) is 18.4 Å². The van der Waals surface area contributed by atoms with E-state index in [0.29, 0.717) is 6.54 Å². The fourth-order valence-electron chi connectivity index (χ4n) is 2.10. The van der Waals surface area contributed by atoms with Crippen molar-refractivity contribution >= 4 is 0 Å². The topological polar surface area (TPSA) is 52.1 Å². The lowest BCUT2D eigenvalue weighted by Crippen LogP contribution is -2.25. The molecule has 2 rings (SSSR count).